The third-order valence-corrected chi connectivity index (χ3v) is 6.67. The topological polar surface area (TPSA) is 9.23 Å². The van der Waals surface area contributed by atoms with Gasteiger partial charge in [0.15, 0.2) is 5.75 Å². The Labute approximate surface area is 176 Å². The van der Waals surface area contributed by atoms with Gasteiger partial charge in [0, 0.05) is 15.6 Å². The Morgan fingerprint density at radius 3 is 2.29 bits per heavy atom. The minimum absolute atomic E-state index is 0.454. The Balaban J connectivity index is 1.87. The fourth-order valence-electron chi connectivity index (χ4n) is 4.86. The Kier molecular flexibility index (Phi) is 3.36. The molecule has 0 aromatic heterocycles. The summed E-state index contributed by atoms with van der Waals surface area (Å²) in [5, 5.41) is 0.632. The maximum Gasteiger partial charge on any atom is 0.150 e. The molecule has 1 aliphatic carbocycles. The zero-order valence-corrected chi connectivity index (χ0v) is 17.1. The molecule has 0 fully saturated rings. The largest absolute Gasteiger partial charge is 0.455 e. The first-order valence-corrected chi connectivity index (χ1v) is 10.3. The predicted molar refractivity (Wildman–Crippen MR) is 117 cm³/mol. The second kappa shape index (κ2) is 5.73. The molecule has 0 saturated carbocycles. The summed E-state index contributed by atoms with van der Waals surface area (Å²) < 4.78 is 7.37. The van der Waals surface area contributed by atoms with Crippen molar-refractivity contribution in [2.45, 2.75) is 5.41 Å². The summed E-state index contributed by atoms with van der Waals surface area (Å²) in [5.74, 6) is 1.59. The van der Waals surface area contributed by atoms with Crippen molar-refractivity contribution in [3.05, 3.63) is 117 Å². The summed E-state index contributed by atoms with van der Waals surface area (Å²) in [6.07, 6.45) is 0. The molecule has 134 valence electrons. The number of fused-ring (bicyclic) bond motifs is 9. The molecule has 2 aliphatic rings. The van der Waals surface area contributed by atoms with Gasteiger partial charge in [0.1, 0.15) is 5.75 Å². The fraction of sp³-hybridized carbons (Fsp3) is 0.0400. The molecule has 4 aromatic carbocycles. The highest BCUT2D eigenvalue weighted by molar-refractivity contribution is 9.10. The lowest BCUT2D eigenvalue weighted by molar-refractivity contribution is 0.436. The van der Waals surface area contributed by atoms with E-state index in [1.54, 1.807) is 0 Å². The maximum atomic E-state index is 6.62. The van der Waals surface area contributed by atoms with E-state index in [0.29, 0.717) is 5.02 Å². The molecule has 4 aromatic rings. The van der Waals surface area contributed by atoms with Gasteiger partial charge >= 0.3 is 0 Å². The van der Waals surface area contributed by atoms with E-state index >= 15 is 0 Å². The predicted octanol–water partition coefficient (Wildman–Crippen LogP) is 7.57. The first-order chi connectivity index (χ1) is 13.7. The van der Waals surface area contributed by atoms with Crippen LogP contribution in [-0.4, -0.2) is 0 Å². The third kappa shape index (κ3) is 1.92. The number of rotatable bonds is 0. The number of hydrogen-bond acceptors (Lipinski definition) is 1. The molecule has 1 nitrogen and oxygen atoms in total. The smallest absolute Gasteiger partial charge is 0.150 e. The van der Waals surface area contributed by atoms with Crippen LogP contribution in [0.1, 0.15) is 22.3 Å². The molecule has 1 heterocycles. The van der Waals surface area contributed by atoms with Crippen molar-refractivity contribution in [3.63, 3.8) is 0 Å². The summed E-state index contributed by atoms with van der Waals surface area (Å²) in [7, 11) is 0. The lowest BCUT2D eigenvalue weighted by Crippen LogP contribution is -2.32. The van der Waals surface area contributed by atoms with Crippen molar-refractivity contribution in [1.82, 2.24) is 0 Å². The van der Waals surface area contributed by atoms with Crippen molar-refractivity contribution in [1.29, 1.82) is 0 Å². The highest BCUT2D eigenvalue weighted by Crippen LogP contribution is 2.62. The van der Waals surface area contributed by atoms with Crippen LogP contribution in [0.4, 0.5) is 0 Å². The summed E-state index contributed by atoms with van der Waals surface area (Å²) in [6.45, 7) is 0. The number of halogens is 2. The van der Waals surface area contributed by atoms with E-state index in [-0.39, 0.29) is 0 Å². The summed E-state index contributed by atoms with van der Waals surface area (Å²) in [4.78, 5) is 0. The molecule has 0 saturated heterocycles. The van der Waals surface area contributed by atoms with E-state index in [9.17, 15) is 0 Å². The second-order valence-corrected chi connectivity index (χ2v) is 8.52. The van der Waals surface area contributed by atoms with Gasteiger partial charge in [-0.2, -0.15) is 0 Å². The van der Waals surface area contributed by atoms with E-state index in [1.807, 2.05) is 24.3 Å². The van der Waals surface area contributed by atoms with Crippen LogP contribution in [0.2, 0.25) is 5.02 Å². The van der Waals surface area contributed by atoms with Gasteiger partial charge < -0.3 is 4.74 Å². The molecule has 0 amide bonds. The van der Waals surface area contributed by atoms with Gasteiger partial charge in [-0.15, -0.1) is 0 Å². The SMILES string of the molecule is Clc1cccc2c1Oc1ccccc1C21c2ccccc2-c2ccc(Br)cc21. The summed E-state index contributed by atoms with van der Waals surface area (Å²) in [5.41, 5.74) is 6.81. The number of hydrogen-bond donors (Lipinski definition) is 0. The Hall–Kier alpha value is -2.55. The summed E-state index contributed by atoms with van der Waals surface area (Å²) >= 11 is 10.3. The third-order valence-electron chi connectivity index (χ3n) is 5.88. The quantitative estimate of drug-likeness (QED) is 0.234. The zero-order valence-electron chi connectivity index (χ0n) is 14.7. The first-order valence-electron chi connectivity index (χ1n) is 9.17. The van der Waals surface area contributed by atoms with E-state index in [0.717, 1.165) is 27.1 Å². The Bertz CT molecular complexity index is 1280. The van der Waals surface area contributed by atoms with Crippen molar-refractivity contribution < 1.29 is 4.74 Å². The zero-order chi connectivity index (χ0) is 18.9. The van der Waals surface area contributed by atoms with Crippen molar-refractivity contribution >= 4 is 27.5 Å². The first kappa shape index (κ1) is 16.4. The molecule has 28 heavy (non-hydrogen) atoms. The van der Waals surface area contributed by atoms with Gasteiger partial charge in [-0.25, -0.2) is 0 Å². The second-order valence-electron chi connectivity index (χ2n) is 7.20. The van der Waals surface area contributed by atoms with Crippen molar-refractivity contribution in [2.24, 2.45) is 0 Å². The highest BCUT2D eigenvalue weighted by Gasteiger charge is 2.51. The summed E-state index contributed by atoms with van der Waals surface area (Å²) in [6, 6.07) is 29.6. The molecular weight excluding hydrogens is 432 g/mol. The van der Waals surface area contributed by atoms with Gasteiger partial charge in [0.05, 0.1) is 10.4 Å². The minimum atomic E-state index is -0.454. The monoisotopic (exact) mass is 444 g/mol. The molecular formula is C25H14BrClO. The van der Waals surface area contributed by atoms with Crippen LogP contribution in [-0.2, 0) is 5.41 Å². The normalized spacial score (nSPS) is 18.1. The van der Waals surface area contributed by atoms with Gasteiger partial charge in [0.25, 0.3) is 0 Å². The molecule has 6 rings (SSSR count). The van der Waals surface area contributed by atoms with E-state index in [1.165, 1.54) is 22.3 Å². The highest BCUT2D eigenvalue weighted by atomic mass is 79.9. The van der Waals surface area contributed by atoms with Gasteiger partial charge in [0.2, 0.25) is 0 Å². The number of para-hydroxylation sites is 2. The average Bonchev–Trinajstić information content (AvgIpc) is 3.00. The van der Waals surface area contributed by atoms with Crippen molar-refractivity contribution in [3.8, 4) is 22.6 Å². The minimum Gasteiger partial charge on any atom is -0.455 e. The van der Waals surface area contributed by atoms with E-state index in [2.05, 4.69) is 76.6 Å². The van der Waals surface area contributed by atoms with E-state index in [4.69, 9.17) is 16.3 Å². The van der Waals surface area contributed by atoms with Crippen LogP contribution < -0.4 is 4.74 Å². The molecule has 1 unspecified atom stereocenters. The van der Waals surface area contributed by atoms with Crippen LogP contribution in [0, 0.1) is 0 Å². The van der Waals surface area contributed by atoms with Gasteiger partial charge in [-0.05, 0) is 46.5 Å². The number of ether oxygens (including phenoxy) is 1. The van der Waals surface area contributed by atoms with Crippen LogP contribution in [0.25, 0.3) is 11.1 Å². The Morgan fingerprint density at radius 1 is 0.679 bits per heavy atom. The van der Waals surface area contributed by atoms with Crippen LogP contribution in [0.15, 0.2) is 89.4 Å². The van der Waals surface area contributed by atoms with Gasteiger partial charge in [-0.1, -0.05) is 88.2 Å². The van der Waals surface area contributed by atoms with Crippen molar-refractivity contribution in [2.75, 3.05) is 0 Å². The molecule has 0 N–H and O–H groups in total. The molecule has 0 radical (unpaired) electrons. The molecule has 3 heteroatoms. The molecule has 1 aliphatic heterocycles. The van der Waals surface area contributed by atoms with E-state index < -0.39 is 5.41 Å². The van der Waals surface area contributed by atoms with Crippen LogP contribution >= 0.6 is 27.5 Å². The lowest BCUT2D eigenvalue weighted by Gasteiger charge is -2.39. The van der Waals surface area contributed by atoms with Crippen LogP contribution in [0.3, 0.4) is 0 Å². The van der Waals surface area contributed by atoms with Crippen LogP contribution in [0.5, 0.6) is 11.5 Å². The van der Waals surface area contributed by atoms with Gasteiger partial charge in [-0.3, -0.25) is 0 Å². The molecule has 1 spiro atoms. The molecule has 0 bridgehead atoms. The molecule has 1 atom stereocenters. The average molecular weight is 446 g/mol. The standard InChI is InChI=1S/C25H14BrClO/c26-15-12-13-17-16-6-1-2-7-18(16)25(21(17)14-15)19-8-3-4-11-23(19)28-24-20(25)9-5-10-22(24)27/h1-14H. The number of benzene rings is 4. The lowest BCUT2D eigenvalue weighted by atomic mass is 9.66. The fourth-order valence-corrected chi connectivity index (χ4v) is 5.43. The Morgan fingerprint density at radius 2 is 1.39 bits per heavy atom. The maximum absolute atomic E-state index is 6.62.